The van der Waals surface area contributed by atoms with Crippen molar-refractivity contribution in [3.05, 3.63) is 101 Å². The Morgan fingerprint density at radius 3 is 2.51 bits per heavy atom. The molecule has 1 aliphatic carbocycles. The van der Waals surface area contributed by atoms with Gasteiger partial charge in [0.15, 0.2) is 11.4 Å². The molecule has 4 heterocycles. The van der Waals surface area contributed by atoms with E-state index in [1.54, 1.807) is 60.2 Å². The summed E-state index contributed by atoms with van der Waals surface area (Å²) < 4.78 is 82.5. The van der Waals surface area contributed by atoms with Crippen LogP contribution in [0.15, 0.2) is 78.3 Å². The van der Waals surface area contributed by atoms with Crippen LogP contribution in [0.25, 0.3) is 11.8 Å². The van der Waals surface area contributed by atoms with Crippen molar-refractivity contribution in [2.75, 3.05) is 0 Å². The van der Waals surface area contributed by atoms with Gasteiger partial charge in [-0.15, -0.1) is 0 Å². The van der Waals surface area contributed by atoms with Gasteiger partial charge in [-0.2, -0.15) is 18.3 Å². The lowest BCUT2D eigenvalue weighted by molar-refractivity contribution is -0.150. The van der Waals surface area contributed by atoms with Gasteiger partial charge in [-0.25, -0.2) is 38.0 Å². The minimum absolute atomic E-state index is 0.0547. The summed E-state index contributed by atoms with van der Waals surface area (Å²) in [5.41, 5.74) is -3.33. The summed E-state index contributed by atoms with van der Waals surface area (Å²) in [6, 6.07) is 10.6. The highest BCUT2D eigenvalue weighted by Gasteiger charge is 2.70. The number of ether oxygens (including phenoxy) is 2. The molecule has 0 bridgehead atoms. The van der Waals surface area contributed by atoms with Gasteiger partial charge in [0.1, 0.15) is 36.4 Å². The quantitative estimate of drug-likeness (QED) is 0.157. The Bertz CT molecular complexity index is 2310. The Balaban J connectivity index is 1.37. The zero-order chi connectivity index (χ0) is 42.5. The van der Waals surface area contributed by atoms with E-state index in [0.29, 0.717) is 11.4 Å². The molecule has 20 heteroatoms. The SMILES string of the molecule is C[C@H](NC(=O)O[C@H]1CC1(c1ccc(Cl)c(-n2ncnc2C(F)F)c1)N1C(=O)[C@@](CC(C)(C)C)(C2C=Cc3nccn3C2)N=C1NC(=O)OCc1ccccc1)C(F)(F)F. The second-order valence-electron chi connectivity index (χ2n) is 15.8. The number of fused-ring (bicyclic) bond motifs is 1. The van der Waals surface area contributed by atoms with E-state index < -0.39 is 71.1 Å². The molecule has 2 aromatic carbocycles. The topological polar surface area (TPSA) is 158 Å². The minimum Gasteiger partial charge on any atom is -0.444 e. The number of benzene rings is 2. The molecule has 3 aliphatic rings. The van der Waals surface area contributed by atoms with Gasteiger partial charge < -0.3 is 19.4 Å². The van der Waals surface area contributed by atoms with Crippen LogP contribution in [0.3, 0.4) is 0 Å². The summed E-state index contributed by atoms with van der Waals surface area (Å²) >= 11 is 6.55. The van der Waals surface area contributed by atoms with Gasteiger partial charge in [0.2, 0.25) is 5.96 Å². The van der Waals surface area contributed by atoms with Crippen LogP contribution in [0.5, 0.6) is 0 Å². The molecule has 1 saturated carbocycles. The lowest BCUT2D eigenvalue weighted by Crippen LogP contribution is -2.56. The second kappa shape index (κ2) is 15.4. The molecule has 4 aromatic rings. The fraction of sp³-hybridized carbons (Fsp3) is 0.410. The standard InChI is InChI=1S/C39H39ClF5N9O5/c1-22(39(43,44)45)49-35(57)59-28-17-38(28,24-10-12-26(40)27(16-24)54-31(30(41)42)47-21-48-54)53-32(55)37(20-36(2,3)4,25-11-13-29-46-14-15-52(29)18-25)51-33(53)50-34(56)58-19-23-8-6-5-7-9-23/h5-16,21-22,25,28,30H,17-20H2,1-4H3,(H,49,57)(H,50,51,56)/t22-,25?,28-,37+,38?/m0/s1. The van der Waals surface area contributed by atoms with Gasteiger partial charge >= 0.3 is 18.4 Å². The average Bonchev–Trinajstić information content (AvgIpc) is 3.50. The summed E-state index contributed by atoms with van der Waals surface area (Å²) in [6.07, 6.45) is -4.01. The zero-order valence-electron chi connectivity index (χ0n) is 32.1. The van der Waals surface area contributed by atoms with Crippen molar-refractivity contribution >= 4 is 41.7 Å². The highest BCUT2D eigenvalue weighted by atomic mass is 35.5. The second-order valence-corrected chi connectivity index (χ2v) is 16.2. The van der Waals surface area contributed by atoms with E-state index in [4.69, 9.17) is 26.1 Å². The number of alkyl halides is 5. The molecule has 3 amide bonds. The van der Waals surface area contributed by atoms with Crippen LogP contribution in [0.4, 0.5) is 31.5 Å². The molecule has 312 valence electrons. The Kier molecular flexibility index (Phi) is 10.8. The van der Waals surface area contributed by atoms with Gasteiger partial charge in [0.25, 0.3) is 12.3 Å². The predicted octanol–water partition coefficient (Wildman–Crippen LogP) is 7.34. The molecule has 14 nitrogen and oxygen atoms in total. The van der Waals surface area contributed by atoms with Crippen molar-refractivity contribution in [2.24, 2.45) is 16.3 Å². The first-order valence-electron chi connectivity index (χ1n) is 18.5. The number of alkyl carbamates (subject to hydrolysis) is 2. The van der Waals surface area contributed by atoms with E-state index in [-0.39, 0.29) is 48.2 Å². The fourth-order valence-corrected chi connectivity index (χ4v) is 7.78. The van der Waals surface area contributed by atoms with Crippen molar-refractivity contribution in [3.8, 4) is 5.69 Å². The summed E-state index contributed by atoms with van der Waals surface area (Å²) in [4.78, 5) is 56.6. The van der Waals surface area contributed by atoms with Crippen LogP contribution in [0.2, 0.25) is 5.02 Å². The van der Waals surface area contributed by atoms with Crippen LogP contribution in [-0.2, 0) is 33.0 Å². The van der Waals surface area contributed by atoms with Crippen LogP contribution >= 0.6 is 11.6 Å². The number of hydrogen-bond donors (Lipinski definition) is 2. The molecule has 2 unspecified atom stereocenters. The van der Waals surface area contributed by atoms with Gasteiger partial charge in [0.05, 0.1) is 10.7 Å². The molecule has 59 heavy (non-hydrogen) atoms. The predicted molar refractivity (Wildman–Crippen MR) is 202 cm³/mol. The summed E-state index contributed by atoms with van der Waals surface area (Å²) in [7, 11) is 0. The number of carbonyl (C=O) groups excluding carboxylic acids is 3. The first-order chi connectivity index (χ1) is 27.8. The van der Waals surface area contributed by atoms with E-state index in [1.165, 1.54) is 18.2 Å². The van der Waals surface area contributed by atoms with Crippen molar-refractivity contribution in [3.63, 3.8) is 0 Å². The molecule has 2 aliphatic heterocycles. The maximum atomic E-state index is 15.7. The normalized spacial score (nSPS) is 23.1. The van der Waals surface area contributed by atoms with Crippen LogP contribution in [0.1, 0.15) is 69.7 Å². The number of amides is 3. The van der Waals surface area contributed by atoms with Crippen LogP contribution in [-0.4, -0.2) is 77.1 Å². The Morgan fingerprint density at radius 2 is 1.81 bits per heavy atom. The number of imidazole rings is 1. The molecule has 1 fully saturated rings. The maximum absolute atomic E-state index is 15.7. The first-order valence-corrected chi connectivity index (χ1v) is 18.8. The largest absolute Gasteiger partial charge is 0.444 e. The van der Waals surface area contributed by atoms with Crippen molar-refractivity contribution in [1.82, 2.24) is 39.8 Å². The maximum Gasteiger partial charge on any atom is 0.414 e. The highest BCUT2D eigenvalue weighted by Crippen LogP contribution is 2.57. The smallest absolute Gasteiger partial charge is 0.414 e. The van der Waals surface area contributed by atoms with E-state index in [2.05, 4.69) is 20.4 Å². The molecule has 0 radical (unpaired) electrons. The molecule has 5 atom stereocenters. The number of carbonyl (C=O) groups is 3. The number of hydrogen-bond acceptors (Lipinski definition) is 9. The van der Waals surface area contributed by atoms with Gasteiger partial charge in [-0.1, -0.05) is 74.8 Å². The van der Waals surface area contributed by atoms with Crippen molar-refractivity contribution in [2.45, 2.75) is 89.5 Å². The van der Waals surface area contributed by atoms with Crippen molar-refractivity contribution < 1.29 is 45.8 Å². The van der Waals surface area contributed by atoms with E-state index in [9.17, 15) is 31.5 Å². The average molecular weight is 844 g/mol. The van der Waals surface area contributed by atoms with Gasteiger partial charge in [-0.05, 0) is 48.1 Å². The number of aromatic nitrogens is 5. The summed E-state index contributed by atoms with van der Waals surface area (Å²) in [5, 5.41) is 8.29. The number of halogens is 6. The highest BCUT2D eigenvalue weighted by molar-refractivity contribution is 6.32. The number of nitrogens with one attached hydrogen (secondary N) is 2. The third-order valence-corrected chi connectivity index (χ3v) is 10.7. The molecule has 2 aromatic heterocycles. The Hall–Kier alpha value is -5.85. The molecule has 2 N–H and O–H groups in total. The van der Waals surface area contributed by atoms with E-state index in [1.807, 2.05) is 25.3 Å². The summed E-state index contributed by atoms with van der Waals surface area (Å²) in [6.45, 7) is 6.54. The van der Waals surface area contributed by atoms with E-state index >= 15 is 4.79 Å². The Morgan fingerprint density at radius 1 is 1.07 bits per heavy atom. The van der Waals surface area contributed by atoms with Crippen LogP contribution < -0.4 is 10.6 Å². The fourth-order valence-electron chi connectivity index (χ4n) is 7.58. The van der Waals surface area contributed by atoms with Gasteiger partial charge in [-0.3, -0.25) is 15.0 Å². The van der Waals surface area contributed by atoms with E-state index in [0.717, 1.165) is 22.8 Å². The third kappa shape index (κ3) is 8.11. The molecular formula is C39H39ClF5N9O5. The monoisotopic (exact) mass is 843 g/mol. The van der Waals surface area contributed by atoms with Gasteiger partial charge in [0, 0.05) is 31.3 Å². The number of aliphatic imine (C=N–C) groups is 1. The minimum atomic E-state index is -4.81. The number of guanidine groups is 1. The zero-order valence-corrected chi connectivity index (χ0v) is 32.8. The number of nitrogens with zero attached hydrogens (tertiary/aromatic N) is 7. The third-order valence-electron chi connectivity index (χ3n) is 10.3. The lowest BCUT2D eigenvalue weighted by Gasteiger charge is -2.39. The Labute approximate surface area is 339 Å². The molecular weight excluding hydrogens is 805 g/mol. The van der Waals surface area contributed by atoms with Crippen LogP contribution in [0, 0.1) is 11.3 Å². The molecule has 7 rings (SSSR count). The molecule has 0 saturated heterocycles. The first kappa shape index (κ1) is 41.3. The van der Waals surface area contributed by atoms with Crippen molar-refractivity contribution in [1.29, 1.82) is 0 Å². The summed E-state index contributed by atoms with van der Waals surface area (Å²) in [5.74, 6) is -1.71. The number of rotatable bonds is 10. The lowest BCUT2D eigenvalue weighted by atomic mass is 9.71. The molecule has 0 spiro atoms.